The fraction of sp³-hybridized carbons (Fsp3) is 0.417. The Hall–Kier alpha value is -3.55. The molecule has 2 heterocycles. The highest BCUT2D eigenvalue weighted by Crippen LogP contribution is 2.45. The van der Waals surface area contributed by atoms with Crippen LogP contribution in [0, 0.1) is 5.92 Å². The summed E-state index contributed by atoms with van der Waals surface area (Å²) in [6, 6.07) is 20.8. The Morgan fingerprint density at radius 3 is 1.91 bits per heavy atom. The minimum Gasteiger partial charge on any atom is -0.468 e. The average molecular weight is 649 g/mol. The number of amides is 1. The monoisotopic (exact) mass is 647 g/mol. The average Bonchev–Trinajstić information content (AvgIpc) is 3.80. The van der Waals surface area contributed by atoms with Crippen molar-refractivity contribution in [2.24, 2.45) is 5.92 Å². The van der Waals surface area contributed by atoms with Crippen LogP contribution in [-0.2, 0) is 26.2 Å². The van der Waals surface area contributed by atoms with Gasteiger partial charge in [0.25, 0.3) is 0 Å². The number of rotatable bonds is 7. The standard InChI is InChI=1S/C36H39Cl2N3O4/c1-35(2,3)45-34(43)40-19-17-23(18-20-40)22-41-31-21-27(11-16-30(31)39-32(41)24-5-6-24)36(33(42)44-4,25-7-12-28(37)13-8-25)26-9-14-29(38)15-10-26/h7-16,21,23-24H,5-6,17-20,22H2,1-4H3. The van der Waals surface area contributed by atoms with Crippen molar-refractivity contribution in [3.63, 3.8) is 0 Å². The minimum atomic E-state index is -1.27. The molecular formula is C36H39Cl2N3O4. The molecule has 1 aromatic heterocycles. The number of methoxy groups -OCH3 is 1. The highest BCUT2D eigenvalue weighted by Gasteiger charge is 2.46. The van der Waals surface area contributed by atoms with E-state index in [1.165, 1.54) is 7.11 Å². The molecule has 0 radical (unpaired) electrons. The van der Waals surface area contributed by atoms with Gasteiger partial charge in [-0.1, -0.05) is 53.5 Å². The van der Waals surface area contributed by atoms with Gasteiger partial charge < -0.3 is 18.9 Å². The Bertz CT molecular complexity index is 1650. The first kappa shape index (κ1) is 31.4. The minimum absolute atomic E-state index is 0.249. The van der Waals surface area contributed by atoms with E-state index in [0.29, 0.717) is 35.0 Å². The van der Waals surface area contributed by atoms with Crippen LogP contribution in [0.15, 0.2) is 66.7 Å². The number of hydrogen-bond acceptors (Lipinski definition) is 5. The number of ether oxygens (including phenoxy) is 2. The van der Waals surface area contributed by atoms with Crippen LogP contribution >= 0.6 is 23.2 Å². The first-order chi connectivity index (χ1) is 21.5. The fourth-order valence-corrected chi connectivity index (χ4v) is 6.76. The van der Waals surface area contributed by atoms with Crippen molar-refractivity contribution in [1.29, 1.82) is 0 Å². The van der Waals surface area contributed by atoms with Crippen molar-refractivity contribution in [1.82, 2.24) is 14.5 Å². The molecule has 0 atom stereocenters. The quantitative estimate of drug-likeness (QED) is 0.149. The number of hydrogen-bond donors (Lipinski definition) is 0. The highest BCUT2D eigenvalue weighted by atomic mass is 35.5. The van der Waals surface area contributed by atoms with Gasteiger partial charge in [-0.25, -0.2) is 9.78 Å². The normalized spacial score (nSPS) is 16.2. The molecule has 2 aliphatic rings. The molecule has 2 fully saturated rings. The summed E-state index contributed by atoms with van der Waals surface area (Å²) in [4.78, 5) is 33.7. The van der Waals surface area contributed by atoms with Gasteiger partial charge in [0.1, 0.15) is 16.8 Å². The van der Waals surface area contributed by atoms with Crippen LogP contribution in [0.4, 0.5) is 4.79 Å². The number of carbonyl (C=O) groups excluding carboxylic acids is 2. The fourth-order valence-electron chi connectivity index (χ4n) is 6.51. The lowest BCUT2D eigenvalue weighted by atomic mass is 9.69. The maximum atomic E-state index is 14.1. The summed E-state index contributed by atoms with van der Waals surface area (Å²) in [5.41, 5.74) is 2.35. The van der Waals surface area contributed by atoms with Crippen molar-refractivity contribution in [3.05, 3.63) is 99.3 Å². The largest absolute Gasteiger partial charge is 0.468 e. The molecule has 0 N–H and O–H groups in total. The number of fused-ring (bicyclic) bond motifs is 1. The highest BCUT2D eigenvalue weighted by molar-refractivity contribution is 6.30. The van der Waals surface area contributed by atoms with Gasteiger partial charge in [-0.15, -0.1) is 0 Å². The number of nitrogens with zero attached hydrogens (tertiary/aromatic N) is 3. The van der Waals surface area contributed by atoms with E-state index in [1.807, 2.05) is 62.1 Å². The Kier molecular flexibility index (Phi) is 8.61. The maximum absolute atomic E-state index is 14.1. The number of benzene rings is 3. The number of piperidine rings is 1. The Morgan fingerprint density at radius 2 is 1.40 bits per heavy atom. The van der Waals surface area contributed by atoms with E-state index in [1.54, 1.807) is 24.3 Å². The van der Waals surface area contributed by atoms with Crippen LogP contribution < -0.4 is 0 Å². The third-order valence-electron chi connectivity index (χ3n) is 8.91. The molecule has 0 unspecified atom stereocenters. The second-order valence-electron chi connectivity index (χ2n) is 13.2. The zero-order valence-corrected chi connectivity index (χ0v) is 27.7. The second-order valence-corrected chi connectivity index (χ2v) is 14.1. The zero-order chi connectivity index (χ0) is 31.9. The molecule has 6 rings (SSSR count). The zero-order valence-electron chi connectivity index (χ0n) is 26.2. The van der Waals surface area contributed by atoms with E-state index in [4.69, 9.17) is 37.7 Å². The lowest BCUT2D eigenvalue weighted by Gasteiger charge is -2.34. The summed E-state index contributed by atoms with van der Waals surface area (Å²) in [7, 11) is 1.42. The predicted molar refractivity (Wildman–Crippen MR) is 177 cm³/mol. The molecule has 1 saturated heterocycles. The Morgan fingerprint density at radius 1 is 0.844 bits per heavy atom. The molecule has 3 aromatic carbocycles. The molecule has 4 aromatic rings. The number of carbonyl (C=O) groups is 2. The van der Waals surface area contributed by atoms with E-state index in [-0.39, 0.29) is 6.09 Å². The summed E-state index contributed by atoms with van der Waals surface area (Å²) >= 11 is 12.6. The van der Waals surface area contributed by atoms with Gasteiger partial charge in [0.15, 0.2) is 0 Å². The Balaban J connectivity index is 1.42. The Labute approximate surface area is 274 Å². The van der Waals surface area contributed by atoms with Crippen molar-refractivity contribution in [3.8, 4) is 0 Å². The van der Waals surface area contributed by atoms with Gasteiger partial charge in [-0.3, -0.25) is 4.79 Å². The van der Waals surface area contributed by atoms with Crippen molar-refractivity contribution < 1.29 is 19.1 Å². The van der Waals surface area contributed by atoms with Crippen LogP contribution in [-0.4, -0.2) is 52.3 Å². The first-order valence-corrected chi connectivity index (χ1v) is 16.3. The molecule has 0 spiro atoms. The van der Waals surface area contributed by atoms with E-state index >= 15 is 0 Å². The number of aromatic nitrogens is 2. The first-order valence-electron chi connectivity index (χ1n) is 15.6. The lowest BCUT2D eigenvalue weighted by molar-refractivity contribution is -0.144. The smallest absolute Gasteiger partial charge is 0.410 e. The molecule has 9 heteroatoms. The topological polar surface area (TPSA) is 73.7 Å². The van der Waals surface area contributed by atoms with Gasteiger partial charge in [-0.05, 0) is 105 Å². The lowest BCUT2D eigenvalue weighted by Crippen LogP contribution is -2.42. The molecule has 45 heavy (non-hydrogen) atoms. The van der Waals surface area contributed by atoms with Crippen LogP contribution in [0.2, 0.25) is 10.0 Å². The van der Waals surface area contributed by atoms with E-state index in [9.17, 15) is 9.59 Å². The van der Waals surface area contributed by atoms with Gasteiger partial charge >= 0.3 is 12.1 Å². The summed E-state index contributed by atoms with van der Waals surface area (Å²) in [5, 5.41) is 1.16. The van der Waals surface area contributed by atoms with Crippen molar-refractivity contribution in [2.45, 2.75) is 69.9 Å². The number of esters is 1. The third kappa shape index (κ3) is 6.30. The maximum Gasteiger partial charge on any atom is 0.410 e. The van der Waals surface area contributed by atoms with Crippen LogP contribution in [0.5, 0.6) is 0 Å². The summed E-state index contributed by atoms with van der Waals surface area (Å²) in [6.07, 6.45) is 3.75. The van der Waals surface area contributed by atoms with Crippen molar-refractivity contribution in [2.75, 3.05) is 20.2 Å². The third-order valence-corrected chi connectivity index (χ3v) is 9.41. The van der Waals surface area contributed by atoms with E-state index in [2.05, 4.69) is 10.6 Å². The van der Waals surface area contributed by atoms with Gasteiger partial charge in [-0.2, -0.15) is 0 Å². The van der Waals surface area contributed by atoms with Gasteiger partial charge in [0.2, 0.25) is 0 Å². The van der Waals surface area contributed by atoms with Gasteiger partial charge in [0, 0.05) is 35.6 Å². The summed E-state index contributed by atoms with van der Waals surface area (Å²) in [5.74, 6) is 1.49. The predicted octanol–water partition coefficient (Wildman–Crippen LogP) is 8.38. The summed E-state index contributed by atoms with van der Waals surface area (Å²) < 4.78 is 13.5. The van der Waals surface area contributed by atoms with E-state index < -0.39 is 17.0 Å². The van der Waals surface area contributed by atoms with Crippen LogP contribution in [0.3, 0.4) is 0 Å². The van der Waals surface area contributed by atoms with Crippen LogP contribution in [0.1, 0.15) is 74.9 Å². The number of halogens is 2. The van der Waals surface area contributed by atoms with Crippen molar-refractivity contribution >= 4 is 46.3 Å². The molecule has 0 bridgehead atoms. The molecule has 236 valence electrons. The molecule has 7 nitrogen and oxygen atoms in total. The number of likely N-dealkylation sites (tertiary alicyclic amines) is 1. The molecular weight excluding hydrogens is 609 g/mol. The van der Waals surface area contributed by atoms with Crippen LogP contribution in [0.25, 0.3) is 11.0 Å². The SMILES string of the molecule is COC(=O)C(c1ccc(Cl)cc1)(c1ccc(Cl)cc1)c1ccc2nc(C3CC3)n(CC3CCN(C(=O)OC(C)(C)C)CC3)c2c1. The summed E-state index contributed by atoms with van der Waals surface area (Å²) in [6.45, 7) is 7.79. The number of imidazole rings is 1. The molecule has 1 aliphatic heterocycles. The van der Waals surface area contributed by atoms with E-state index in [0.717, 1.165) is 65.8 Å². The van der Waals surface area contributed by atoms with Gasteiger partial charge in [0.05, 0.1) is 18.1 Å². The second kappa shape index (κ2) is 12.3. The molecule has 1 aliphatic carbocycles. The molecule has 1 amide bonds. The molecule has 1 saturated carbocycles.